The molecule has 0 unspecified atom stereocenters. The molecule has 0 aliphatic carbocycles. The molecule has 2 heterocycles. The Morgan fingerprint density at radius 3 is 2.68 bits per heavy atom. The van der Waals surface area contributed by atoms with Crippen LogP contribution in [0.3, 0.4) is 0 Å². The van der Waals surface area contributed by atoms with Gasteiger partial charge in [-0.15, -0.1) is 0 Å². The van der Waals surface area contributed by atoms with Crippen LogP contribution in [0, 0.1) is 6.92 Å². The highest BCUT2D eigenvalue weighted by Crippen LogP contribution is 2.35. The number of aromatic nitrogens is 2. The van der Waals surface area contributed by atoms with Crippen LogP contribution in [-0.2, 0) is 16.1 Å². The molecule has 1 aliphatic heterocycles. The van der Waals surface area contributed by atoms with Gasteiger partial charge in [0.2, 0.25) is 5.91 Å². The van der Waals surface area contributed by atoms with Crippen LogP contribution < -0.4 is 15.2 Å². The number of amides is 1. The molecule has 28 heavy (non-hydrogen) atoms. The standard InChI is InChI=1S/C19H26N4O5/c1-12-8-17(20)23(21-12)10-18(25)22-6-7-28-16(11-24)19(22)13-4-5-14(26-2)15(9-13)27-3/h4-5,8-9,16,19,24H,6-7,10-11,20H2,1-3H3/t16-,19-/m1/s1. The Labute approximate surface area is 163 Å². The lowest BCUT2D eigenvalue weighted by atomic mass is 9.97. The van der Waals surface area contributed by atoms with Gasteiger partial charge in [0, 0.05) is 12.6 Å². The van der Waals surface area contributed by atoms with Crippen molar-refractivity contribution in [3.8, 4) is 11.5 Å². The predicted molar refractivity (Wildman–Crippen MR) is 102 cm³/mol. The van der Waals surface area contributed by atoms with Crippen LogP contribution in [0.15, 0.2) is 24.3 Å². The zero-order valence-corrected chi connectivity index (χ0v) is 16.3. The topological polar surface area (TPSA) is 112 Å². The molecule has 3 N–H and O–H groups in total. The van der Waals surface area contributed by atoms with Crippen molar-refractivity contribution in [3.05, 3.63) is 35.5 Å². The van der Waals surface area contributed by atoms with Crippen molar-refractivity contribution in [3.63, 3.8) is 0 Å². The average molecular weight is 390 g/mol. The van der Waals surface area contributed by atoms with Gasteiger partial charge < -0.3 is 30.0 Å². The second kappa shape index (κ2) is 8.49. The Morgan fingerprint density at radius 1 is 1.32 bits per heavy atom. The van der Waals surface area contributed by atoms with E-state index in [4.69, 9.17) is 19.9 Å². The van der Waals surface area contributed by atoms with E-state index in [1.165, 1.54) is 4.68 Å². The van der Waals surface area contributed by atoms with Gasteiger partial charge in [-0.2, -0.15) is 5.10 Å². The number of nitrogen functional groups attached to an aromatic ring is 1. The van der Waals surface area contributed by atoms with E-state index in [-0.39, 0.29) is 19.1 Å². The summed E-state index contributed by atoms with van der Waals surface area (Å²) in [5.41, 5.74) is 7.46. The third-order valence-electron chi connectivity index (χ3n) is 4.82. The maximum atomic E-state index is 13.1. The molecule has 152 valence electrons. The first-order valence-corrected chi connectivity index (χ1v) is 9.02. The van der Waals surface area contributed by atoms with Crippen LogP contribution in [0.4, 0.5) is 5.82 Å². The Kier molecular flexibility index (Phi) is 6.05. The van der Waals surface area contributed by atoms with Gasteiger partial charge in [-0.25, -0.2) is 4.68 Å². The number of hydrogen-bond donors (Lipinski definition) is 2. The summed E-state index contributed by atoms with van der Waals surface area (Å²) < 4.78 is 17.9. The maximum absolute atomic E-state index is 13.1. The average Bonchev–Trinajstić information content (AvgIpc) is 3.03. The summed E-state index contributed by atoms with van der Waals surface area (Å²) in [5.74, 6) is 1.40. The number of methoxy groups -OCH3 is 2. The van der Waals surface area contributed by atoms with Gasteiger partial charge >= 0.3 is 0 Å². The molecule has 1 aromatic heterocycles. The molecule has 9 heteroatoms. The van der Waals surface area contributed by atoms with Crippen molar-refractivity contribution in [2.75, 3.05) is 39.7 Å². The Morgan fingerprint density at radius 2 is 2.07 bits per heavy atom. The first-order valence-electron chi connectivity index (χ1n) is 9.02. The molecule has 2 atom stereocenters. The van der Waals surface area contributed by atoms with E-state index in [9.17, 15) is 9.90 Å². The number of hydrogen-bond acceptors (Lipinski definition) is 7. The van der Waals surface area contributed by atoms with Crippen LogP contribution in [-0.4, -0.2) is 65.8 Å². The van der Waals surface area contributed by atoms with Crippen molar-refractivity contribution in [2.45, 2.75) is 25.6 Å². The summed E-state index contributed by atoms with van der Waals surface area (Å²) in [6.45, 7) is 2.36. The molecule has 0 bridgehead atoms. The minimum atomic E-state index is -0.549. The summed E-state index contributed by atoms with van der Waals surface area (Å²) in [6.07, 6.45) is -0.549. The smallest absolute Gasteiger partial charge is 0.245 e. The fraction of sp³-hybridized carbons (Fsp3) is 0.474. The summed E-state index contributed by atoms with van der Waals surface area (Å²) >= 11 is 0. The molecule has 1 amide bonds. The lowest BCUT2D eigenvalue weighted by Gasteiger charge is -2.41. The Bertz CT molecular complexity index is 838. The fourth-order valence-corrected chi connectivity index (χ4v) is 3.51. The first kappa shape index (κ1) is 20.0. The maximum Gasteiger partial charge on any atom is 0.245 e. The zero-order valence-electron chi connectivity index (χ0n) is 16.3. The Hall–Kier alpha value is -2.78. The van der Waals surface area contributed by atoms with E-state index in [0.29, 0.717) is 30.5 Å². The van der Waals surface area contributed by atoms with Gasteiger partial charge in [0.25, 0.3) is 0 Å². The van der Waals surface area contributed by atoms with Crippen molar-refractivity contribution >= 4 is 11.7 Å². The van der Waals surface area contributed by atoms with E-state index in [1.54, 1.807) is 37.3 Å². The normalized spacial score (nSPS) is 19.5. The molecular weight excluding hydrogens is 364 g/mol. The van der Waals surface area contributed by atoms with Crippen LogP contribution in [0.25, 0.3) is 0 Å². The lowest BCUT2D eigenvalue weighted by molar-refractivity contribution is -0.150. The quantitative estimate of drug-likeness (QED) is 0.748. The molecule has 1 aromatic carbocycles. The van der Waals surface area contributed by atoms with Gasteiger partial charge in [-0.1, -0.05) is 6.07 Å². The minimum Gasteiger partial charge on any atom is -0.493 e. The van der Waals surface area contributed by atoms with E-state index in [2.05, 4.69) is 5.10 Å². The number of carbonyl (C=O) groups is 1. The number of nitrogens with two attached hydrogens (primary N) is 1. The van der Waals surface area contributed by atoms with Gasteiger partial charge in [0.1, 0.15) is 18.5 Å². The van der Waals surface area contributed by atoms with Gasteiger partial charge in [-0.05, 0) is 24.6 Å². The van der Waals surface area contributed by atoms with Gasteiger partial charge in [-0.3, -0.25) is 4.79 Å². The van der Waals surface area contributed by atoms with Crippen molar-refractivity contribution in [1.82, 2.24) is 14.7 Å². The van der Waals surface area contributed by atoms with E-state index < -0.39 is 12.1 Å². The third kappa shape index (κ3) is 3.90. The molecule has 1 aliphatic rings. The van der Waals surface area contributed by atoms with E-state index in [0.717, 1.165) is 11.3 Å². The number of morpholine rings is 1. The number of nitrogens with zero attached hydrogens (tertiary/aromatic N) is 3. The minimum absolute atomic E-state index is 0.0155. The summed E-state index contributed by atoms with van der Waals surface area (Å²) in [7, 11) is 3.11. The van der Waals surface area contributed by atoms with E-state index in [1.807, 2.05) is 13.0 Å². The molecule has 1 saturated heterocycles. The monoisotopic (exact) mass is 390 g/mol. The second-order valence-corrected chi connectivity index (χ2v) is 6.61. The molecule has 0 spiro atoms. The number of ether oxygens (including phenoxy) is 3. The number of aliphatic hydroxyl groups excluding tert-OH is 1. The Balaban J connectivity index is 1.92. The van der Waals surface area contributed by atoms with E-state index >= 15 is 0 Å². The SMILES string of the molecule is COc1ccc([C@@H]2[C@@H](CO)OCCN2C(=O)Cn2nc(C)cc2N)cc1OC. The highest BCUT2D eigenvalue weighted by Gasteiger charge is 2.36. The van der Waals surface area contributed by atoms with Crippen LogP contribution in [0.2, 0.25) is 0 Å². The highest BCUT2D eigenvalue weighted by atomic mass is 16.5. The third-order valence-corrected chi connectivity index (χ3v) is 4.82. The summed E-state index contributed by atoms with van der Waals surface area (Å²) in [4.78, 5) is 14.8. The molecular formula is C19H26N4O5. The number of anilines is 1. The number of aryl methyl sites for hydroxylation is 1. The molecule has 0 saturated carbocycles. The molecule has 2 aromatic rings. The van der Waals surface area contributed by atoms with Crippen molar-refractivity contribution in [2.24, 2.45) is 0 Å². The first-order chi connectivity index (χ1) is 13.5. The molecule has 1 fully saturated rings. The van der Waals surface area contributed by atoms with Crippen LogP contribution in [0.5, 0.6) is 11.5 Å². The van der Waals surface area contributed by atoms with Crippen molar-refractivity contribution in [1.29, 1.82) is 0 Å². The number of carbonyl (C=O) groups excluding carboxylic acids is 1. The number of rotatable bonds is 6. The number of aliphatic hydroxyl groups is 1. The summed E-state index contributed by atoms with van der Waals surface area (Å²) in [5, 5.41) is 14.1. The van der Waals surface area contributed by atoms with Gasteiger partial charge in [0.15, 0.2) is 11.5 Å². The molecule has 9 nitrogen and oxygen atoms in total. The second-order valence-electron chi connectivity index (χ2n) is 6.61. The highest BCUT2D eigenvalue weighted by molar-refractivity contribution is 5.77. The largest absolute Gasteiger partial charge is 0.493 e. The van der Waals surface area contributed by atoms with Gasteiger partial charge in [0.05, 0.1) is 39.2 Å². The molecule has 3 rings (SSSR count). The van der Waals surface area contributed by atoms with Crippen molar-refractivity contribution < 1.29 is 24.1 Å². The number of benzene rings is 1. The summed E-state index contributed by atoms with van der Waals surface area (Å²) in [6, 6.07) is 6.66. The molecule has 0 radical (unpaired) electrons. The fourth-order valence-electron chi connectivity index (χ4n) is 3.51. The van der Waals surface area contributed by atoms with Crippen LogP contribution >= 0.6 is 0 Å². The lowest BCUT2D eigenvalue weighted by Crippen LogP contribution is -2.50. The zero-order chi connectivity index (χ0) is 20.3. The van der Waals surface area contributed by atoms with Crippen LogP contribution in [0.1, 0.15) is 17.3 Å². The predicted octanol–water partition coefficient (Wildman–Crippen LogP) is 0.752.